The molecule has 2 fully saturated rings. The Balaban J connectivity index is 1.57. The van der Waals surface area contributed by atoms with Crippen LogP contribution in [0.25, 0.3) is 0 Å². The van der Waals surface area contributed by atoms with Crippen LogP contribution in [0.5, 0.6) is 0 Å². The maximum Gasteiger partial charge on any atom is 0.228 e. The third-order valence-corrected chi connectivity index (χ3v) is 6.10. The van der Waals surface area contributed by atoms with Crippen LogP contribution in [-0.4, -0.2) is 11.8 Å². The van der Waals surface area contributed by atoms with Crippen molar-refractivity contribution < 1.29 is 9.59 Å². The van der Waals surface area contributed by atoms with E-state index in [1.165, 1.54) is 5.56 Å². The molecule has 3 N–H and O–H groups in total. The molecule has 3 aliphatic rings. The molecule has 4 atom stereocenters. The van der Waals surface area contributed by atoms with E-state index in [-0.39, 0.29) is 40.9 Å². The molecule has 2 saturated carbocycles. The maximum absolute atomic E-state index is 12.8. The number of primary amides is 1. The number of rotatable bonds is 4. The zero-order valence-corrected chi connectivity index (χ0v) is 13.3. The minimum absolute atomic E-state index is 0.0684. The van der Waals surface area contributed by atoms with Gasteiger partial charge in [-0.3, -0.25) is 9.59 Å². The number of carbonyl (C=O) groups is 2. The van der Waals surface area contributed by atoms with E-state index in [1.807, 2.05) is 24.3 Å². The Labute approximate surface area is 136 Å². The Morgan fingerprint density at radius 1 is 1.13 bits per heavy atom. The number of anilines is 1. The summed E-state index contributed by atoms with van der Waals surface area (Å²) >= 11 is 0. The molecule has 4 unspecified atom stereocenters. The van der Waals surface area contributed by atoms with Crippen molar-refractivity contribution in [3.8, 4) is 0 Å². The van der Waals surface area contributed by atoms with E-state index in [4.69, 9.17) is 5.73 Å². The summed E-state index contributed by atoms with van der Waals surface area (Å²) in [6, 6.07) is 7.88. The van der Waals surface area contributed by atoms with Crippen LogP contribution in [0.4, 0.5) is 5.69 Å². The van der Waals surface area contributed by atoms with Gasteiger partial charge in [-0.1, -0.05) is 31.2 Å². The van der Waals surface area contributed by atoms with Gasteiger partial charge in [0.25, 0.3) is 0 Å². The quantitative estimate of drug-likeness (QED) is 0.839. The number of nitrogens with one attached hydrogen (secondary N) is 1. The smallest absolute Gasteiger partial charge is 0.228 e. The first-order valence-electron chi connectivity index (χ1n) is 8.44. The van der Waals surface area contributed by atoms with Gasteiger partial charge < -0.3 is 11.1 Å². The van der Waals surface area contributed by atoms with E-state index in [0.717, 1.165) is 24.9 Å². The molecule has 0 heterocycles. The predicted molar refractivity (Wildman–Crippen MR) is 88.4 cm³/mol. The second-order valence-corrected chi connectivity index (χ2v) is 7.16. The van der Waals surface area contributed by atoms with Crippen LogP contribution in [0.3, 0.4) is 0 Å². The lowest BCUT2D eigenvalue weighted by Crippen LogP contribution is -2.39. The van der Waals surface area contributed by atoms with Crippen molar-refractivity contribution in [2.45, 2.75) is 26.2 Å². The Morgan fingerprint density at radius 2 is 1.74 bits per heavy atom. The Morgan fingerprint density at radius 3 is 2.26 bits per heavy atom. The Kier molecular flexibility index (Phi) is 3.12. The lowest BCUT2D eigenvalue weighted by Gasteiger charge is -2.24. The van der Waals surface area contributed by atoms with Gasteiger partial charge in [0.1, 0.15) is 0 Å². The SMILES string of the molecule is CCc1ccc(NC(=O)C2C(C(N)=O)C3C=CC2C32CC2)cc1. The number of hydrogen-bond donors (Lipinski definition) is 2. The summed E-state index contributed by atoms with van der Waals surface area (Å²) < 4.78 is 0. The topological polar surface area (TPSA) is 72.2 Å². The molecule has 0 radical (unpaired) electrons. The Bertz CT molecular complexity index is 688. The van der Waals surface area contributed by atoms with E-state index >= 15 is 0 Å². The van der Waals surface area contributed by atoms with Gasteiger partial charge in [-0.25, -0.2) is 0 Å². The molecule has 0 aliphatic heterocycles. The van der Waals surface area contributed by atoms with Crippen LogP contribution in [-0.2, 0) is 16.0 Å². The van der Waals surface area contributed by atoms with Crippen LogP contribution in [0.2, 0.25) is 0 Å². The molecule has 4 nitrogen and oxygen atoms in total. The standard InChI is InChI=1S/C19H22N2O2/c1-2-11-3-5-12(6-4-11)21-18(23)16-14-8-7-13(15(16)17(20)22)19(14)9-10-19/h3-8,13-16H,2,9-10H2,1H3,(H2,20,22)(H,21,23). The van der Waals surface area contributed by atoms with Crippen molar-refractivity contribution in [1.82, 2.24) is 0 Å². The van der Waals surface area contributed by atoms with Crippen molar-refractivity contribution >= 4 is 17.5 Å². The van der Waals surface area contributed by atoms with Gasteiger partial charge in [0.2, 0.25) is 11.8 Å². The summed E-state index contributed by atoms with van der Waals surface area (Å²) in [6.07, 6.45) is 7.44. The first-order valence-corrected chi connectivity index (χ1v) is 8.44. The molecule has 2 amide bonds. The molecule has 23 heavy (non-hydrogen) atoms. The highest BCUT2D eigenvalue weighted by molar-refractivity contribution is 5.97. The first kappa shape index (κ1) is 14.5. The van der Waals surface area contributed by atoms with Crippen molar-refractivity contribution in [3.05, 3.63) is 42.0 Å². The first-order chi connectivity index (χ1) is 11.1. The minimum atomic E-state index is -0.359. The summed E-state index contributed by atoms with van der Waals surface area (Å²) in [7, 11) is 0. The second-order valence-electron chi connectivity index (χ2n) is 7.16. The van der Waals surface area contributed by atoms with Crippen LogP contribution in [0.15, 0.2) is 36.4 Å². The normalized spacial score (nSPS) is 32.2. The fourth-order valence-electron chi connectivity index (χ4n) is 4.79. The van der Waals surface area contributed by atoms with E-state index in [9.17, 15) is 9.59 Å². The number of benzene rings is 1. The fourth-order valence-corrected chi connectivity index (χ4v) is 4.79. The molecular weight excluding hydrogens is 288 g/mol. The zero-order chi connectivity index (χ0) is 16.2. The van der Waals surface area contributed by atoms with Crippen LogP contribution >= 0.6 is 0 Å². The van der Waals surface area contributed by atoms with E-state index < -0.39 is 0 Å². The molecular formula is C19H22N2O2. The number of nitrogens with two attached hydrogens (primary N) is 1. The van der Waals surface area contributed by atoms with Crippen molar-refractivity contribution in [1.29, 1.82) is 0 Å². The van der Waals surface area contributed by atoms with Crippen molar-refractivity contribution in [2.24, 2.45) is 34.8 Å². The zero-order valence-electron chi connectivity index (χ0n) is 13.3. The lowest BCUT2D eigenvalue weighted by atomic mass is 9.82. The molecule has 3 aliphatic carbocycles. The van der Waals surface area contributed by atoms with Crippen molar-refractivity contribution in [3.63, 3.8) is 0 Å². The number of allylic oxidation sites excluding steroid dienone is 2. The number of aryl methyl sites for hydroxylation is 1. The molecule has 1 aromatic rings. The number of amides is 2. The highest BCUT2D eigenvalue weighted by Crippen LogP contribution is 2.71. The summed E-state index contributed by atoms with van der Waals surface area (Å²) in [5.74, 6) is -0.767. The summed E-state index contributed by atoms with van der Waals surface area (Å²) in [5.41, 5.74) is 7.80. The second kappa shape index (κ2) is 4.95. The monoisotopic (exact) mass is 310 g/mol. The van der Waals surface area contributed by atoms with Crippen LogP contribution in [0, 0.1) is 29.1 Å². The van der Waals surface area contributed by atoms with Gasteiger partial charge in [-0.15, -0.1) is 0 Å². The average Bonchev–Trinajstić information content (AvgIpc) is 3.21. The van der Waals surface area contributed by atoms with Gasteiger partial charge in [-0.2, -0.15) is 0 Å². The molecule has 4 rings (SSSR count). The van der Waals surface area contributed by atoms with Gasteiger partial charge in [0.05, 0.1) is 11.8 Å². The summed E-state index contributed by atoms with van der Waals surface area (Å²) in [6.45, 7) is 2.10. The van der Waals surface area contributed by atoms with Crippen LogP contribution < -0.4 is 11.1 Å². The van der Waals surface area contributed by atoms with Gasteiger partial charge in [-0.05, 0) is 54.2 Å². The summed E-state index contributed by atoms with van der Waals surface area (Å²) in [5, 5.41) is 2.99. The Hall–Kier alpha value is -2.10. The predicted octanol–water partition coefficient (Wildman–Crippen LogP) is 2.50. The third kappa shape index (κ3) is 2.04. The highest BCUT2D eigenvalue weighted by Gasteiger charge is 2.69. The molecule has 0 saturated heterocycles. The van der Waals surface area contributed by atoms with E-state index in [1.54, 1.807) is 0 Å². The molecule has 0 aromatic heterocycles. The van der Waals surface area contributed by atoms with Crippen LogP contribution in [0.1, 0.15) is 25.3 Å². The van der Waals surface area contributed by atoms with Gasteiger partial charge in [0.15, 0.2) is 0 Å². The maximum atomic E-state index is 12.8. The third-order valence-electron chi connectivity index (χ3n) is 6.10. The van der Waals surface area contributed by atoms with Crippen molar-refractivity contribution in [2.75, 3.05) is 5.32 Å². The average molecular weight is 310 g/mol. The van der Waals surface area contributed by atoms with E-state index in [2.05, 4.69) is 24.4 Å². The van der Waals surface area contributed by atoms with Gasteiger partial charge in [0, 0.05) is 5.69 Å². The number of carbonyl (C=O) groups excluding carboxylic acids is 2. The molecule has 1 aromatic carbocycles. The number of hydrogen-bond acceptors (Lipinski definition) is 2. The lowest BCUT2D eigenvalue weighted by molar-refractivity contribution is -0.130. The van der Waals surface area contributed by atoms with E-state index in [0.29, 0.717) is 0 Å². The summed E-state index contributed by atoms with van der Waals surface area (Å²) in [4.78, 5) is 24.8. The highest BCUT2D eigenvalue weighted by atomic mass is 16.2. The molecule has 2 bridgehead atoms. The minimum Gasteiger partial charge on any atom is -0.369 e. The molecule has 120 valence electrons. The molecule has 1 spiro atoms. The largest absolute Gasteiger partial charge is 0.369 e. The van der Waals surface area contributed by atoms with Gasteiger partial charge >= 0.3 is 0 Å². The molecule has 4 heteroatoms. The fraction of sp³-hybridized carbons (Fsp3) is 0.474.